The van der Waals surface area contributed by atoms with E-state index in [-0.39, 0.29) is 17.0 Å². The number of hydrogen-bond donors (Lipinski definition) is 0. The second-order valence-electron chi connectivity index (χ2n) is 6.80. The highest BCUT2D eigenvalue weighted by Gasteiger charge is 2.17. The van der Waals surface area contributed by atoms with Crippen LogP contribution in [0, 0.1) is 5.82 Å². The third-order valence-corrected chi connectivity index (χ3v) is 5.90. The van der Waals surface area contributed by atoms with Gasteiger partial charge in [-0.2, -0.15) is 0 Å². The van der Waals surface area contributed by atoms with E-state index in [0.29, 0.717) is 32.9 Å². The SMILES string of the molecule is O=c1c2ccccc2nc(SCc2nnc(-c3ccc(Cl)cc3)o2)n1-c1ccccc1F. The summed E-state index contributed by atoms with van der Waals surface area (Å²) >= 11 is 7.13. The summed E-state index contributed by atoms with van der Waals surface area (Å²) in [5.41, 5.74) is 1.05. The molecule has 6 nitrogen and oxygen atoms in total. The van der Waals surface area contributed by atoms with Gasteiger partial charge in [-0.05, 0) is 48.5 Å². The lowest BCUT2D eigenvalue weighted by Crippen LogP contribution is -2.22. The van der Waals surface area contributed by atoms with Gasteiger partial charge in [0.25, 0.3) is 5.56 Å². The fourth-order valence-electron chi connectivity index (χ4n) is 3.20. The molecule has 0 aliphatic rings. The fraction of sp³-hybridized carbons (Fsp3) is 0.0435. The Morgan fingerprint density at radius 2 is 1.72 bits per heavy atom. The van der Waals surface area contributed by atoms with Crippen LogP contribution in [0.3, 0.4) is 0 Å². The van der Waals surface area contributed by atoms with Crippen molar-refractivity contribution in [1.29, 1.82) is 0 Å². The number of aromatic nitrogens is 4. The van der Waals surface area contributed by atoms with Crippen molar-refractivity contribution in [1.82, 2.24) is 19.7 Å². The monoisotopic (exact) mass is 464 g/mol. The molecule has 3 aromatic carbocycles. The predicted octanol–water partition coefficient (Wildman–Crippen LogP) is 5.52. The minimum absolute atomic E-state index is 0.130. The molecule has 0 saturated heterocycles. The smallest absolute Gasteiger partial charge is 0.266 e. The molecule has 158 valence electrons. The quantitative estimate of drug-likeness (QED) is 0.252. The van der Waals surface area contributed by atoms with Gasteiger partial charge >= 0.3 is 0 Å². The summed E-state index contributed by atoms with van der Waals surface area (Å²) in [6.45, 7) is 0. The van der Waals surface area contributed by atoms with Gasteiger partial charge in [0.2, 0.25) is 11.8 Å². The fourth-order valence-corrected chi connectivity index (χ4v) is 4.17. The Morgan fingerprint density at radius 3 is 2.53 bits per heavy atom. The molecule has 0 aliphatic heterocycles. The number of fused-ring (bicyclic) bond motifs is 1. The molecule has 0 atom stereocenters. The van der Waals surface area contributed by atoms with Crippen LogP contribution in [-0.2, 0) is 5.75 Å². The van der Waals surface area contributed by atoms with E-state index in [9.17, 15) is 9.18 Å². The lowest BCUT2D eigenvalue weighted by molar-refractivity contribution is 0.528. The van der Waals surface area contributed by atoms with Crippen molar-refractivity contribution in [3.63, 3.8) is 0 Å². The molecule has 2 heterocycles. The maximum atomic E-state index is 14.6. The zero-order valence-corrected chi connectivity index (χ0v) is 18.0. The van der Waals surface area contributed by atoms with Crippen LogP contribution in [0.15, 0.2) is 87.2 Å². The van der Waals surface area contributed by atoms with Crippen LogP contribution >= 0.6 is 23.4 Å². The molecule has 0 bridgehead atoms. The number of nitrogens with zero attached hydrogens (tertiary/aromatic N) is 4. The van der Waals surface area contributed by atoms with Crippen molar-refractivity contribution in [3.8, 4) is 17.1 Å². The van der Waals surface area contributed by atoms with E-state index in [4.69, 9.17) is 16.0 Å². The largest absolute Gasteiger partial charge is 0.420 e. The summed E-state index contributed by atoms with van der Waals surface area (Å²) in [5, 5.41) is 9.48. The molecular formula is C23H14ClFN4O2S. The van der Waals surface area contributed by atoms with Gasteiger partial charge in [0.05, 0.1) is 22.3 Å². The van der Waals surface area contributed by atoms with Crippen molar-refractivity contribution < 1.29 is 8.81 Å². The molecule has 5 aromatic rings. The Bertz CT molecular complexity index is 1480. The first-order chi connectivity index (χ1) is 15.6. The number of thioether (sulfide) groups is 1. The van der Waals surface area contributed by atoms with Crippen LogP contribution in [0.1, 0.15) is 5.89 Å². The lowest BCUT2D eigenvalue weighted by Gasteiger charge is -2.13. The molecule has 2 aromatic heterocycles. The zero-order chi connectivity index (χ0) is 22.1. The number of para-hydroxylation sites is 2. The van der Waals surface area contributed by atoms with Crippen molar-refractivity contribution in [2.45, 2.75) is 10.9 Å². The molecule has 0 fully saturated rings. The topological polar surface area (TPSA) is 73.8 Å². The van der Waals surface area contributed by atoms with Gasteiger partial charge in [0, 0.05) is 10.6 Å². The van der Waals surface area contributed by atoms with Crippen LogP contribution in [0.5, 0.6) is 0 Å². The highest BCUT2D eigenvalue weighted by Crippen LogP contribution is 2.27. The van der Waals surface area contributed by atoms with Gasteiger partial charge in [0.15, 0.2) is 5.16 Å². The second-order valence-corrected chi connectivity index (χ2v) is 8.18. The molecule has 0 unspecified atom stereocenters. The van der Waals surface area contributed by atoms with Crippen LogP contribution < -0.4 is 5.56 Å². The normalized spacial score (nSPS) is 11.2. The van der Waals surface area contributed by atoms with E-state index in [1.807, 2.05) is 0 Å². The van der Waals surface area contributed by atoms with Gasteiger partial charge in [0.1, 0.15) is 5.82 Å². The Balaban J connectivity index is 1.52. The van der Waals surface area contributed by atoms with Crippen LogP contribution in [0.25, 0.3) is 28.0 Å². The summed E-state index contributed by atoms with van der Waals surface area (Å²) in [7, 11) is 0. The first-order valence-corrected chi connectivity index (χ1v) is 10.9. The number of hydrogen-bond acceptors (Lipinski definition) is 6. The van der Waals surface area contributed by atoms with E-state index in [2.05, 4.69) is 15.2 Å². The minimum Gasteiger partial charge on any atom is -0.420 e. The highest BCUT2D eigenvalue weighted by molar-refractivity contribution is 7.98. The van der Waals surface area contributed by atoms with Gasteiger partial charge < -0.3 is 4.42 Å². The summed E-state index contributed by atoms with van der Waals surface area (Å²) < 4.78 is 21.6. The predicted molar refractivity (Wildman–Crippen MR) is 122 cm³/mol. The Kier molecular flexibility index (Phi) is 5.46. The average Bonchev–Trinajstić information content (AvgIpc) is 3.28. The molecule has 0 spiro atoms. The number of rotatable bonds is 5. The molecule has 5 rings (SSSR count). The minimum atomic E-state index is -0.517. The molecule has 9 heteroatoms. The Morgan fingerprint density at radius 1 is 0.969 bits per heavy atom. The summed E-state index contributed by atoms with van der Waals surface area (Å²) in [6, 6.07) is 20.1. The Labute approximate surface area is 190 Å². The van der Waals surface area contributed by atoms with Gasteiger partial charge in [-0.15, -0.1) is 10.2 Å². The van der Waals surface area contributed by atoms with E-state index in [1.165, 1.54) is 22.4 Å². The molecule has 0 amide bonds. The van der Waals surface area contributed by atoms with Gasteiger partial charge in [-0.3, -0.25) is 9.36 Å². The number of benzene rings is 3. The maximum absolute atomic E-state index is 14.6. The molecular weight excluding hydrogens is 451 g/mol. The standard InChI is InChI=1S/C23H14ClFN4O2S/c24-15-11-9-14(10-12-15)21-28-27-20(31-21)13-32-23-26-18-7-3-1-5-16(18)22(30)29(23)19-8-4-2-6-17(19)25/h1-12H,13H2. The third kappa shape index (κ3) is 3.90. The van der Waals surface area contributed by atoms with Crippen LogP contribution in [-0.4, -0.2) is 19.7 Å². The van der Waals surface area contributed by atoms with Crippen molar-refractivity contribution in [3.05, 3.63) is 99.9 Å². The van der Waals surface area contributed by atoms with Gasteiger partial charge in [-0.25, -0.2) is 9.37 Å². The second kappa shape index (κ2) is 8.57. The molecule has 0 radical (unpaired) electrons. The van der Waals surface area contributed by atoms with Crippen LogP contribution in [0.4, 0.5) is 4.39 Å². The molecule has 32 heavy (non-hydrogen) atoms. The maximum Gasteiger partial charge on any atom is 0.266 e. The molecule has 0 N–H and O–H groups in total. The molecule has 0 saturated carbocycles. The zero-order valence-electron chi connectivity index (χ0n) is 16.4. The first-order valence-electron chi connectivity index (χ1n) is 9.58. The van der Waals surface area contributed by atoms with E-state index >= 15 is 0 Å². The van der Waals surface area contributed by atoms with E-state index in [0.717, 1.165) is 5.56 Å². The van der Waals surface area contributed by atoms with Crippen LogP contribution in [0.2, 0.25) is 5.02 Å². The average molecular weight is 465 g/mol. The van der Waals surface area contributed by atoms with Crippen molar-refractivity contribution in [2.24, 2.45) is 0 Å². The Hall–Kier alpha value is -3.49. The third-order valence-electron chi connectivity index (χ3n) is 4.72. The van der Waals surface area contributed by atoms with E-state index in [1.54, 1.807) is 66.7 Å². The van der Waals surface area contributed by atoms with Crippen molar-refractivity contribution >= 4 is 34.3 Å². The highest BCUT2D eigenvalue weighted by atomic mass is 35.5. The summed E-state index contributed by atoms with van der Waals surface area (Å²) in [5.74, 6) is 0.439. The number of halogens is 2. The lowest BCUT2D eigenvalue weighted by atomic mass is 10.2. The summed E-state index contributed by atoms with van der Waals surface area (Å²) in [6.07, 6.45) is 0. The molecule has 0 aliphatic carbocycles. The van der Waals surface area contributed by atoms with Crippen molar-refractivity contribution in [2.75, 3.05) is 0 Å². The van der Waals surface area contributed by atoms with E-state index < -0.39 is 5.82 Å². The van der Waals surface area contributed by atoms with Gasteiger partial charge in [-0.1, -0.05) is 47.6 Å². The summed E-state index contributed by atoms with van der Waals surface area (Å²) in [4.78, 5) is 17.8. The first kappa shape index (κ1) is 20.4.